The maximum absolute atomic E-state index is 12.5. The number of benzene rings is 2. The normalized spacial score (nSPS) is 17.0. The number of anilines is 1. The molecule has 0 aliphatic carbocycles. The Labute approximate surface area is 136 Å². The van der Waals surface area contributed by atoms with E-state index < -0.39 is 0 Å². The van der Waals surface area contributed by atoms with Gasteiger partial charge in [-0.2, -0.15) is 0 Å². The maximum Gasteiger partial charge on any atom is 0.247 e. The first-order chi connectivity index (χ1) is 11.2. The van der Waals surface area contributed by atoms with Gasteiger partial charge in [0.2, 0.25) is 11.8 Å². The SMILES string of the molecule is O=C(Nc1ccccc1)C1CCCN1C(=O)Cc1ccccc1. The summed E-state index contributed by atoms with van der Waals surface area (Å²) in [6.07, 6.45) is 1.93. The van der Waals surface area contributed by atoms with Gasteiger partial charge in [0.05, 0.1) is 6.42 Å². The zero-order valence-corrected chi connectivity index (χ0v) is 12.9. The second-order valence-electron chi connectivity index (χ2n) is 5.76. The van der Waals surface area contributed by atoms with Crippen molar-refractivity contribution in [2.75, 3.05) is 11.9 Å². The van der Waals surface area contributed by atoms with Gasteiger partial charge in [-0.05, 0) is 30.5 Å². The quantitative estimate of drug-likeness (QED) is 0.944. The third-order valence-electron chi connectivity index (χ3n) is 4.12. The van der Waals surface area contributed by atoms with Gasteiger partial charge in [-0.1, -0.05) is 48.5 Å². The summed E-state index contributed by atoms with van der Waals surface area (Å²) < 4.78 is 0. The molecule has 1 unspecified atom stereocenters. The molecule has 2 aromatic carbocycles. The van der Waals surface area contributed by atoms with Gasteiger partial charge < -0.3 is 10.2 Å². The van der Waals surface area contributed by atoms with Crippen LogP contribution in [0.25, 0.3) is 0 Å². The molecule has 1 aliphatic rings. The van der Waals surface area contributed by atoms with Crippen LogP contribution in [0, 0.1) is 0 Å². The van der Waals surface area contributed by atoms with Crippen LogP contribution in [0.15, 0.2) is 60.7 Å². The topological polar surface area (TPSA) is 49.4 Å². The van der Waals surface area contributed by atoms with Gasteiger partial charge in [0, 0.05) is 12.2 Å². The molecular formula is C19H20N2O2. The smallest absolute Gasteiger partial charge is 0.247 e. The maximum atomic E-state index is 12.5. The van der Waals surface area contributed by atoms with Crippen LogP contribution in [0.2, 0.25) is 0 Å². The van der Waals surface area contributed by atoms with Crippen molar-refractivity contribution in [2.45, 2.75) is 25.3 Å². The van der Waals surface area contributed by atoms with Gasteiger partial charge in [-0.15, -0.1) is 0 Å². The summed E-state index contributed by atoms with van der Waals surface area (Å²) >= 11 is 0. The summed E-state index contributed by atoms with van der Waals surface area (Å²) in [6.45, 7) is 0.651. The number of hydrogen-bond donors (Lipinski definition) is 1. The number of nitrogens with one attached hydrogen (secondary N) is 1. The third-order valence-corrected chi connectivity index (χ3v) is 4.12. The van der Waals surface area contributed by atoms with E-state index in [1.165, 1.54) is 0 Å². The van der Waals surface area contributed by atoms with Crippen molar-refractivity contribution in [3.8, 4) is 0 Å². The minimum Gasteiger partial charge on any atom is -0.330 e. The summed E-state index contributed by atoms with van der Waals surface area (Å²) in [7, 11) is 0. The summed E-state index contributed by atoms with van der Waals surface area (Å²) in [6, 6.07) is 18.6. The zero-order valence-electron chi connectivity index (χ0n) is 12.9. The first-order valence-corrected chi connectivity index (χ1v) is 7.93. The molecule has 4 nitrogen and oxygen atoms in total. The Morgan fingerprint density at radius 3 is 2.35 bits per heavy atom. The van der Waals surface area contributed by atoms with E-state index in [1.54, 1.807) is 4.90 Å². The lowest BCUT2D eigenvalue weighted by atomic mass is 10.1. The highest BCUT2D eigenvalue weighted by molar-refractivity contribution is 5.97. The Kier molecular flexibility index (Phi) is 4.71. The van der Waals surface area contributed by atoms with E-state index in [-0.39, 0.29) is 17.9 Å². The molecule has 0 aromatic heterocycles. The molecule has 2 amide bonds. The molecule has 2 aromatic rings. The van der Waals surface area contributed by atoms with Crippen LogP contribution < -0.4 is 5.32 Å². The molecule has 1 fully saturated rings. The molecule has 0 spiro atoms. The largest absolute Gasteiger partial charge is 0.330 e. The number of carbonyl (C=O) groups is 2. The highest BCUT2D eigenvalue weighted by atomic mass is 16.2. The Bertz CT molecular complexity index is 611. The predicted octanol–water partition coefficient (Wildman–Crippen LogP) is 2.86. The molecule has 0 radical (unpaired) electrons. The van der Waals surface area contributed by atoms with Crippen molar-refractivity contribution in [1.29, 1.82) is 0 Å². The molecule has 1 aliphatic heterocycles. The fourth-order valence-corrected chi connectivity index (χ4v) is 2.96. The van der Waals surface area contributed by atoms with Crippen LogP contribution in [0.1, 0.15) is 18.4 Å². The van der Waals surface area contributed by atoms with Crippen LogP contribution in [0.5, 0.6) is 0 Å². The lowest BCUT2D eigenvalue weighted by Crippen LogP contribution is -2.43. The first-order valence-electron chi connectivity index (χ1n) is 7.93. The number of nitrogens with zero attached hydrogens (tertiary/aromatic N) is 1. The van der Waals surface area contributed by atoms with Crippen LogP contribution >= 0.6 is 0 Å². The molecule has 0 bridgehead atoms. The lowest BCUT2D eigenvalue weighted by Gasteiger charge is -2.24. The van der Waals surface area contributed by atoms with Gasteiger partial charge in [-0.3, -0.25) is 9.59 Å². The summed E-state index contributed by atoms with van der Waals surface area (Å²) in [5, 5.41) is 2.90. The van der Waals surface area contributed by atoms with E-state index in [0.717, 1.165) is 24.1 Å². The number of rotatable bonds is 4. The van der Waals surface area contributed by atoms with Crippen molar-refractivity contribution in [1.82, 2.24) is 4.90 Å². The number of para-hydroxylation sites is 1. The Hall–Kier alpha value is -2.62. The summed E-state index contributed by atoms with van der Waals surface area (Å²) in [5.41, 5.74) is 1.74. The monoisotopic (exact) mass is 308 g/mol. The minimum atomic E-state index is -0.369. The van der Waals surface area contributed by atoms with Crippen molar-refractivity contribution in [3.05, 3.63) is 66.2 Å². The Morgan fingerprint density at radius 1 is 1.00 bits per heavy atom. The lowest BCUT2D eigenvalue weighted by molar-refractivity contribution is -0.136. The van der Waals surface area contributed by atoms with Crippen molar-refractivity contribution in [3.63, 3.8) is 0 Å². The number of likely N-dealkylation sites (tertiary alicyclic amines) is 1. The van der Waals surface area contributed by atoms with Crippen LogP contribution in [-0.2, 0) is 16.0 Å². The van der Waals surface area contributed by atoms with Gasteiger partial charge in [0.25, 0.3) is 0 Å². The number of amides is 2. The average molecular weight is 308 g/mol. The average Bonchev–Trinajstić information content (AvgIpc) is 3.06. The second-order valence-corrected chi connectivity index (χ2v) is 5.76. The summed E-state index contributed by atoms with van der Waals surface area (Å²) in [4.78, 5) is 26.7. The highest BCUT2D eigenvalue weighted by Crippen LogP contribution is 2.20. The van der Waals surface area contributed by atoms with E-state index >= 15 is 0 Å². The van der Waals surface area contributed by atoms with E-state index in [0.29, 0.717) is 13.0 Å². The van der Waals surface area contributed by atoms with E-state index in [1.807, 2.05) is 60.7 Å². The van der Waals surface area contributed by atoms with Crippen molar-refractivity contribution < 1.29 is 9.59 Å². The first kappa shape index (κ1) is 15.3. The standard InChI is InChI=1S/C19H20N2O2/c22-18(14-15-8-3-1-4-9-15)21-13-7-12-17(21)19(23)20-16-10-5-2-6-11-16/h1-6,8-11,17H,7,12-14H2,(H,20,23). The Morgan fingerprint density at radius 2 is 1.65 bits per heavy atom. The van der Waals surface area contributed by atoms with Gasteiger partial charge in [0.15, 0.2) is 0 Å². The van der Waals surface area contributed by atoms with Gasteiger partial charge in [-0.25, -0.2) is 0 Å². The van der Waals surface area contributed by atoms with E-state index in [4.69, 9.17) is 0 Å². The molecule has 1 heterocycles. The molecular weight excluding hydrogens is 288 g/mol. The fraction of sp³-hybridized carbons (Fsp3) is 0.263. The van der Waals surface area contributed by atoms with E-state index in [2.05, 4.69) is 5.32 Å². The highest BCUT2D eigenvalue weighted by Gasteiger charge is 2.33. The molecule has 4 heteroatoms. The summed E-state index contributed by atoms with van der Waals surface area (Å²) in [5.74, 6) is -0.0861. The minimum absolute atomic E-state index is 0.0157. The molecule has 118 valence electrons. The third kappa shape index (κ3) is 3.77. The Balaban J connectivity index is 1.65. The van der Waals surface area contributed by atoms with Gasteiger partial charge >= 0.3 is 0 Å². The van der Waals surface area contributed by atoms with Crippen LogP contribution in [0.4, 0.5) is 5.69 Å². The van der Waals surface area contributed by atoms with Crippen LogP contribution in [-0.4, -0.2) is 29.3 Å². The van der Waals surface area contributed by atoms with Crippen molar-refractivity contribution in [2.24, 2.45) is 0 Å². The zero-order chi connectivity index (χ0) is 16.1. The molecule has 1 atom stereocenters. The predicted molar refractivity (Wildman–Crippen MR) is 90.0 cm³/mol. The molecule has 23 heavy (non-hydrogen) atoms. The van der Waals surface area contributed by atoms with Crippen LogP contribution in [0.3, 0.4) is 0 Å². The number of hydrogen-bond acceptors (Lipinski definition) is 2. The molecule has 1 saturated heterocycles. The van der Waals surface area contributed by atoms with Gasteiger partial charge in [0.1, 0.15) is 6.04 Å². The second kappa shape index (κ2) is 7.09. The fourth-order valence-electron chi connectivity index (χ4n) is 2.96. The molecule has 0 saturated carbocycles. The van der Waals surface area contributed by atoms with E-state index in [9.17, 15) is 9.59 Å². The van der Waals surface area contributed by atoms with Crippen molar-refractivity contribution >= 4 is 17.5 Å². The number of carbonyl (C=O) groups excluding carboxylic acids is 2. The molecule has 3 rings (SSSR count). The molecule has 1 N–H and O–H groups in total.